The number of thioether (sulfide) groups is 1. The molecule has 124 valence electrons. The predicted molar refractivity (Wildman–Crippen MR) is 84.8 cm³/mol. The molecule has 0 aromatic carbocycles. The van der Waals surface area contributed by atoms with Gasteiger partial charge in [0.25, 0.3) is 0 Å². The van der Waals surface area contributed by atoms with Gasteiger partial charge in [-0.2, -0.15) is 0 Å². The largest absolute Gasteiger partial charge is 0.370 e. The fourth-order valence-corrected chi connectivity index (χ4v) is 3.79. The third-order valence-corrected chi connectivity index (χ3v) is 4.93. The van der Waals surface area contributed by atoms with Gasteiger partial charge < -0.3 is 16.4 Å². The molecule has 0 radical (unpaired) electrons. The van der Waals surface area contributed by atoms with Crippen molar-refractivity contribution in [3.63, 3.8) is 0 Å². The zero-order valence-corrected chi connectivity index (χ0v) is 13.4. The topological polar surface area (TPSA) is 113 Å². The van der Waals surface area contributed by atoms with Gasteiger partial charge in [0.1, 0.15) is 5.50 Å². The molecule has 0 aromatic rings. The van der Waals surface area contributed by atoms with E-state index in [1.807, 2.05) is 0 Å². The van der Waals surface area contributed by atoms with Crippen molar-refractivity contribution in [2.24, 2.45) is 5.73 Å². The fourth-order valence-electron chi connectivity index (χ4n) is 2.88. The fraction of sp³-hybridized carbons (Fsp3) is 0.786. The Kier molecular flexibility index (Phi) is 6.50. The zero-order chi connectivity index (χ0) is 15.9. The van der Waals surface area contributed by atoms with Gasteiger partial charge in [0.15, 0.2) is 0 Å². The number of hydrogen-bond acceptors (Lipinski definition) is 5. The van der Waals surface area contributed by atoms with Crippen LogP contribution in [0.4, 0.5) is 0 Å². The number of rotatable bonds is 6. The third-order valence-electron chi connectivity index (χ3n) is 3.91. The van der Waals surface area contributed by atoms with Gasteiger partial charge in [0, 0.05) is 24.9 Å². The van der Waals surface area contributed by atoms with Gasteiger partial charge in [-0.25, -0.2) is 0 Å². The summed E-state index contributed by atoms with van der Waals surface area (Å²) in [5, 5.41) is 8.92. The van der Waals surface area contributed by atoms with Crippen molar-refractivity contribution in [2.75, 3.05) is 5.75 Å². The van der Waals surface area contributed by atoms with Crippen LogP contribution in [0.5, 0.6) is 0 Å². The normalized spacial score (nSPS) is 26.3. The summed E-state index contributed by atoms with van der Waals surface area (Å²) in [5.41, 5.74) is 4.80. The first-order valence-electron chi connectivity index (χ1n) is 7.77. The van der Waals surface area contributed by atoms with Crippen LogP contribution < -0.4 is 21.7 Å². The molecule has 22 heavy (non-hydrogen) atoms. The van der Waals surface area contributed by atoms with Crippen molar-refractivity contribution in [1.82, 2.24) is 16.0 Å². The van der Waals surface area contributed by atoms with Crippen LogP contribution in [0.25, 0.3) is 0 Å². The van der Waals surface area contributed by atoms with Gasteiger partial charge in [0.05, 0.1) is 5.75 Å². The Balaban J connectivity index is 1.71. The van der Waals surface area contributed by atoms with E-state index in [2.05, 4.69) is 16.0 Å². The molecular formula is C14H24N4O3S. The summed E-state index contributed by atoms with van der Waals surface area (Å²) in [6.45, 7) is 0. The Labute approximate surface area is 134 Å². The molecule has 3 amide bonds. The van der Waals surface area contributed by atoms with E-state index in [1.165, 1.54) is 31.0 Å². The van der Waals surface area contributed by atoms with E-state index in [4.69, 9.17) is 5.73 Å². The van der Waals surface area contributed by atoms with E-state index >= 15 is 0 Å². The summed E-state index contributed by atoms with van der Waals surface area (Å²) in [7, 11) is 0. The van der Waals surface area contributed by atoms with Crippen LogP contribution in [0, 0.1) is 0 Å². The molecule has 5 N–H and O–H groups in total. The molecular weight excluding hydrogens is 304 g/mol. The summed E-state index contributed by atoms with van der Waals surface area (Å²) in [6.07, 6.45) is 6.05. The molecule has 1 aliphatic carbocycles. The number of nitrogens with one attached hydrogen (secondary N) is 3. The standard InChI is InChI=1S/C14H24N4O3S/c15-11(19)6-10-7-12(20)18-14(17-10)22-8-13(21)16-9-4-2-1-3-5-9/h9-10,14,17H,1-8H2,(H2,15,19)(H,16,21)(H,18,20). The smallest absolute Gasteiger partial charge is 0.230 e. The summed E-state index contributed by atoms with van der Waals surface area (Å²) in [6, 6.07) is 0.0310. The number of nitrogens with two attached hydrogens (primary N) is 1. The number of hydrogen-bond donors (Lipinski definition) is 4. The Bertz CT molecular complexity index is 424. The Morgan fingerprint density at radius 2 is 2.00 bits per heavy atom. The minimum atomic E-state index is -0.439. The molecule has 7 nitrogen and oxygen atoms in total. The summed E-state index contributed by atoms with van der Waals surface area (Å²) in [4.78, 5) is 34.5. The maximum atomic E-state index is 11.9. The lowest BCUT2D eigenvalue weighted by molar-refractivity contribution is -0.124. The van der Waals surface area contributed by atoms with Crippen LogP contribution in [-0.2, 0) is 14.4 Å². The van der Waals surface area contributed by atoms with Crippen molar-refractivity contribution in [3.8, 4) is 0 Å². The van der Waals surface area contributed by atoms with Gasteiger partial charge in [-0.05, 0) is 12.8 Å². The molecule has 1 saturated heterocycles. The third kappa shape index (κ3) is 5.84. The summed E-state index contributed by atoms with van der Waals surface area (Å²) < 4.78 is 0. The van der Waals surface area contributed by atoms with Crippen LogP contribution in [0.1, 0.15) is 44.9 Å². The highest BCUT2D eigenvalue weighted by atomic mass is 32.2. The van der Waals surface area contributed by atoms with E-state index < -0.39 is 5.91 Å². The first-order chi connectivity index (χ1) is 10.5. The molecule has 2 unspecified atom stereocenters. The van der Waals surface area contributed by atoms with Gasteiger partial charge in [0.2, 0.25) is 17.7 Å². The van der Waals surface area contributed by atoms with E-state index in [0.29, 0.717) is 6.04 Å². The monoisotopic (exact) mass is 328 g/mol. The molecule has 8 heteroatoms. The van der Waals surface area contributed by atoms with Crippen LogP contribution in [0.15, 0.2) is 0 Å². The Hall–Kier alpha value is -1.28. The molecule has 1 saturated carbocycles. The first-order valence-corrected chi connectivity index (χ1v) is 8.82. The number of carbonyl (C=O) groups is 3. The lowest BCUT2D eigenvalue weighted by Crippen LogP contribution is -2.56. The van der Waals surface area contributed by atoms with Crippen molar-refractivity contribution < 1.29 is 14.4 Å². The second kappa shape index (κ2) is 8.38. The van der Waals surface area contributed by atoms with Gasteiger partial charge in [-0.15, -0.1) is 11.8 Å². The maximum absolute atomic E-state index is 11.9. The molecule has 2 fully saturated rings. The van der Waals surface area contributed by atoms with E-state index in [-0.39, 0.29) is 41.9 Å². The van der Waals surface area contributed by atoms with Gasteiger partial charge in [-0.3, -0.25) is 19.7 Å². The maximum Gasteiger partial charge on any atom is 0.230 e. The number of carbonyl (C=O) groups excluding carboxylic acids is 3. The van der Waals surface area contributed by atoms with Crippen LogP contribution in [-0.4, -0.2) is 41.1 Å². The number of primary amides is 1. The van der Waals surface area contributed by atoms with Crippen molar-refractivity contribution >= 4 is 29.5 Å². The molecule has 2 aliphatic rings. The molecule has 0 bridgehead atoms. The van der Waals surface area contributed by atoms with Crippen molar-refractivity contribution in [2.45, 2.75) is 62.5 Å². The second-order valence-corrected chi connectivity index (χ2v) is 6.99. The summed E-state index contributed by atoms with van der Waals surface area (Å²) in [5.74, 6) is -0.302. The molecule has 1 aliphatic heterocycles. The quantitative estimate of drug-likeness (QED) is 0.539. The highest BCUT2D eigenvalue weighted by Gasteiger charge is 2.27. The van der Waals surface area contributed by atoms with Crippen LogP contribution in [0.3, 0.4) is 0 Å². The lowest BCUT2D eigenvalue weighted by Gasteiger charge is -2.30. The Morgan fingerprint density at radius 3 is 2.68 bits per heavy atom. The van der Waals surface area contributed by atoms with Crippen LogP contribution in [0.2, 0.25) is 0 Å². The highest BCUT2D eigenvalue weighted by Crippen LogP contribution is 2.18. The molecule has 0 spiro atoms. The lowest BCUT2D eigenvalue weighted by atomic mass is 9.95. The van der Waals surface area contributed by atoms with Crippen LogP contribution >= 0.6 is 11.8 Å². The highest BCUT2D eigenvalue weighted by molar-refractivity contribution is 8.00. The van der Waals surface area contributed by atoms with Gasteiger partial charge >= 0.3 is 0 Å². The predicted octanol–water partition coefficient (Wildman–Crippen LogP) is -0.194. The van der Waals surface area contributed by atoms with Gasteiger partial charge in [-0.1, -0.05) is 19.3 Å². The Morgan fingerprint density at radius 1 is 1.27 bits per heavy atom. The molecule has 2 atom stereocenters. The second-order valence-electron chi connectivity index (χ2n) is 5.90. The molecule has 0 aromatic heterocycles. The van der Waals surface area contributed by atoms with Crippen molar-refractivity contribution in [1.29, 1.82) is 0 Å². The molecule has 1 heterocycles. The first kappa shape index (κ1) is 17.1. The number of amides is 3. The van der Waals surface area contributed by atoms with Crippen molar-refractivity contribution in [3.05, 3.63) is 0 Å². The summed E-state index contributed by atoms with van der Waals surface area (Å²) >= 11 is 1.32. The average molecular weight is 328 g/mol. The molecule has 2 rings (SSSR count). The minimum Gasteiger partial charge on any atom is -0.370 e. The van der Waals surface area contributed by atoms with E-state index in [0.717, 1.165) is 12.8 Å². The SMILES string of the molecule is NC(=O)CC1CC(=O)NC(SCC(=O)NC2CCCCC2)N1. The zero-order valence-electron chi connectivity index (χ0n) is 12.6. The average Bonchev–Trinajstić information content (AvgIpc) is 2.45. The van der Waals surface area contributed by atoms with E-state index in [9.17, 15) is 14.4 Å². The van der Waals surface area contributed by atoms with E-state index in [1.54, 1.807) is 0 Å². The minimum absolute atomic E-state index is 0.00928.